The van der Waals surface area contributed by atoms with Crippen LogP contribution in [0.15, 0.2) is 17.5 Å². The van der Waals surface area contributed by atoms with Crippen LogP contribution < -0.4 is 5.73 Å². The van der Waals surface area contributed by atoms with Gasteiger partial charge in [-0.1, -0.05) is 25.3 Å². The molecule has 0 amide bonds. The Kier molecular flexibility index (Phi) is 4.82. The summed E-state index contributed by atoms with van der Waals surface area (Å²) in [5.41, 5.74) is 5.76. The van der Waals surface area contributed by atoms with E-state index in [1.807, 2.05) is 0 Å². The van der Waals surface area contributed by atoms with E-state index in [1.165, 1.54) is 37.0 Å². The maximum absolute atomic E-state index is 5.96. The Balaban J connectivity index is 1.78. The van der Waals surface area contributed by atoms with Crippen LogP contribution in [-0.2, 0) is 4.74 Å². The van der Waals surface area contributed by atoms with Crippen molar-refractivity contribution in [2.75, 3.05) is 13.2 Å². The van der Waals surface area contributed by atoms with E-state index in [9.17, 15) is 0 Å². The molecule has 1 aromatic heterocycles. The van der Waals surface area contributed by atoms with Gasteiger partial charge in [-0.05, 0) is 30.2 Å². The van der Waals surface area contributed by atoms with E-state index in [-0.39, 0.29) is 6.10 Å². The smallest absolute Gasteiger partial charge is 0.104 e. The molecule has 1 saturated carbocycles. The summed E-state index contributed by atoms with van der Waals surface area (Å²) in [6.07, 6.45) is 6.94. The van der Waals surface area contributed by atoms with Crippen LogP contribution in [0.2, 0.25) is 0 Å². The standard InChI is InChI=1S/C13H21NOS/c14-9-12(13-7-4-8-16-13)15-10-11-5-2-1-3-6-11/h4,7-8,11-12H,1-3,5-6,9-10,14H2. The fraction of sp³-hybridized carbons (Fsp3) is 0.692. The lowest BCUT2D eigenvalue weighted by molar-refractivity contribution is 0.0266. The lowest BCUT2D eigenvalue weighted by Crippen LogP contribution is -2.20. The van der Waals surface area contributed by atoms with Crippen LogP contribution in [0.5, 0.6) is 0 Å². The van der Waals surface area contributed by atoms with Crippen molar-refractivity contribution < 1.29 is 4.74 Å². The summed E-state index contributed by atoms with van der Waals surface area (Å²) in [6, 6.07) is 4.18. The van der Waals surface area contributed by atoms with E-state index >= 15 is 0 Å². The zero-order valence-electron chi connectivity index (χ0n) is 9.73. The quantitative estimate of drug-likeness (QED) is 0.855. The van der Waals surface area contributed by atoms with Gasteiger partial charge in [-0.25, -0.2) is 0 Å². The van der Waals surface area contributed by atoms with Crippen molar-refractivity contribution in [3.63, 3.8) is 0 Å². The molecule has 0 radical (unpaired) electrons. The van der Waals surface area contributed by atoms with Gasteiger partial charge in [0.25, 0.3) is 0 Å². The lowest BCUT2D eigenvalue weighted by atomic mass is 9.90. The highest BCUT2D eigenvalue weighted by Gasteiger charge is 2.17. The van der Waals surface area contributed by atoms with E-state index in [1.54, 1.807) is 11.3 Å². The molecular weight excluding hydrogens is 218 g/mol. The largest absolute Gasteiger partial charge is 0.371 e. The van der Waals surface area contributed by atoms with E-state index in [0.717, 1.165) is 12.5 Å². The molecule has 0 spiro atoms. The maximum Gasteiger partial charge on any atom is 0.104 e. The molecule has 0 aliphatic heterocycles. The molecule has 1 unspecified atom stereocenters. The fourth-order valence-electron chi connectivity index (χ4n) is 2.35. The molecule has 2 N–H and O–H groups in total. The lowest BCUT2D eigenvalue weighted by Gasteiger charge is -2.24. The average Bonchev–Trinajstić information content (AvgIpc) is 2.85. The summed E-state index contributed by atoms with van der Waals surface area (Å²) < 4.78 is 5.96. The van der Waals surface area contributed by atoms with Crippen molar-refractivity contribution in [2.24, 2.45) is 11.7 Å². The highest BCUT2D eigenvalue weighted by molar-refractivity contribution is 7.10. The molecule has 1 heterocycles. The Morgan fingerprint density at radius 1 is 1.38 bits per heavy atom. The first-order valence-electron chi connectivity index (χ1n) is 6.25. The number of nitrogens with two attached hydrogens (primary N) is 1. The Morgan fingerprint density at radius 2 is 2.19 bits per heavy atom. The van der Waals surface area contributed by atoms with Crippen molar-refractivity contribution in [2.45, 2.75) is 38.2 Å². The number of hydrogen-bond donors (Lipinski definition) is 1. The molecular formula is C13H21NOS. The highest BCUT2D eigenvalue weighted by Crippen LogP contribution is 2.27. The first-order chi connectivity index (χ1) is 7.90. The minimum atomic E-state index is 0.113. The van der Waals surface area contributed by atoms with Crippen LogP contribution in [0.1, 0.15) is 43.1 Å². The maximum atomic E-state index is 5.96. The van der Waals surface area contributed by atoms with Crippen molar-refractivity contribution in [3.8, 4) is 0 Å². The van der Waals surface area contributed by atoms with Gasteiger partial charge in [0.1, 0.15) is 6.10 Å². The Labute approximate surface area is 102 Å². The summed E-state index contributed by atoms with van der Waals surface area (Å²) in [4.78, 5) is 1.26. The Morgan fingerprint density at radius 3 is 2.81 bits per heavy atom. The van der Waals surface area contributed by atoms with E-state index in [2.05, 4.69) is 17.5 Å². The molecule has 0 bridgehead atoms. The van der Waals surface area contributed by atoms with Gasteiger partial charge in [-0.2, -0.15) is 0 Å². The normalized spacial score (nSPS) is 19.8. The molecule has 0 saturated heterocycles. The van der Waals surface area contributed by atoms with Gasteiger partial charge >= 0.3 is 0 Å². The van der Waals surface area contributed by atoms with Gasteiger partial charge in [0.05, 0.1) is 6.61 Å². The Hall–Kier alpha value is -0.380. The van der Waals surface area contributed by atoms with Gasteiger partial charge in [0.15, 0.2) is 0 Å². The van der Waals surface area contributed by atoms with Crippen LogP contribution >= 0.6 is 11.3 Å². The topological polar surface area (TPSA) is 35.2 Å². The monoisotopic (exact) mass is 239 g/mol. The predicted octanol–water partition coefficient (Wildman–Crippen LogP) is 3.34. The first-order valence-corrected chi connectivity index (χ1v) is 7.13. The number of rotatable bonds is 5. The number of hydrogen-bond acceptors (Lipinski definition) is 3. The third-order valence-electron chi connectivity index (χ3n) is 3.33. The molecule has 16 heavy (non-hydrogen) atoms. The molecule has 2 rings (SSSR count). The second-order valence-corrected chi connectivity index (χ2v) is 5.56. The van der Waals surface area contributed by atoms with Gasteiger partial charge < -0.3 is 10.5 Å². The molecule has 1 aliphatic carbocycles. The predicted molar refractivity (Wildman–Crippen MR) is 68.6 cm³/mol. The average molecular weight is 239 g/mol. The summed E-state index contributed by atoms with van der Waals surface area (Å²) in [6.45, 7) is 1.48. The Bertz CT molecular complexity index is 280. The molecule has 2 nitrogen and oxygen atoms in total. The van der Waals surface area contributed by atoms with E-state index < -0.39 is 0 Å². The van der Waals surface area contributed by atoms with Crippen molar-refractivity contribution in [1.29, 1.82) is 0 Å². The minimum Gasteiger partial charge on any atom is -0.371 e. The summed E-state index contributed by atoms with van der Waals surface area (Å²) >= 11 is 1.74. The van der Waals surface area contributed by atoms with Crippen LogP contribution in [0.3, 0.4) is 0 Å². The molecule has 1 aromatic rings. The zero-order valence-corrected chi connectivity index (χ0v) is 10.5. The van der Waals surface area contributed by atoms with Gasteiger partial charge in [-0.15, -0.1) is 11.3 Å². The molecule has 0 aromatic carbocycles. The van der Waals surface area contributed by atoms with Crippen molar-refractivity contribution >= 4 is 11.3 Å². The summed E-state index contributed by atoms with van der Waals surface area (Å²) in [5.74, 6) is 0.766. The van der Waals surface area contributed by atoms with Crippen molar-refractivity contribution in [1.82, 2.24) is 0 Å². The van der Waals surface area contributed by atoms with Crippen LogP contribution in [0.4, 0.5) is 0 Å². The molecule has 1 atom stereocenters. The van der Waals surface area contributed by atoms with Crippen LogP contribution in [-0.4, -0.2) is 13.2 Å². The second kappa shape index (κ2) is 6.38. The molecule has 3 heteroatoms. The number of ether oxygens (including phenoxy) is 1. The van der Waals surface area contributed by atoms with Gasteiger partial charge in [0.2, 0.25) is 0 Å². The third-order valence-corrected chi connectivity index (χ3v) is 4.30. The zero-order chi connectivity index (χ0) is 11.2. The molecule has 1 fully saturated rings. The van der Waals surface area contributed by atoms with Gasteiger partial charge in [-0.3, -0.25) is 0 Å². The summed E-state index contributed by atoms with van der Waals surface area (Å²) in [5, 5.41) is 2.09. The molecule has 1 aliphatic rings. The van der Waals surface area contributed by atoms with E-state index in [4.69, 9.17) is 10.5 Å². The van der Waals surface area contributed by atoms with Crippen molar-refractivity contribution in [3.05, 3.63) is 22.4 Å². The first kappa shape index (κ1) is 12.1. The highest BCUT2D eigenvalue weighted by atomic mass is 32.1. The fourth-order valence-corrected chi connectivity index (χ4v) is 3.13. The van der Waals surface area contributed by atoms with Crippen LogP contribution in [0, 0.1) is 5.92 Å². The van der Waals surface area contributed by atoms with E-state index in [0.29, 0.717) is 6.54 Å². The second-order valence-electron chi connectivity index (χ2n) is 4.58. The number of thiophene rings is 1. The summed E-state index contributed by atoms with van der Waals surface area (Å²) in [7, 11) is 0. The van der Waals surface area contributed by atoms with Crippen LogP contribution in [0.25, 0.3) is 0 Å². The SMILES string of the molecule is NCC(OCC1CCCCC1)c1cccs1. The third kappa shape index (κ3) is 3.30. The minimum absolute atomic E-state index is 0.113. The van der Waals surface area contributed by atoms with Gasteiger partial charge in [0, 0.05) is 11.4 Å². The molecule has 90 valence electrons.